The minimum atomic E-state index is -4.14. The first-order valence-corrected chi connectivity index (χ1v) is 8.17. The van der Waals surface area contributed by atoms with E-state index in [-0.39, 0.29) is 26.1 Å². The van der Waals surface area contributed by atoms with Crippen molar-refractivity contribution in [2.75, 3.05) is 33.4 Å². The number of likely N-dealkylation sites (tertiary alicyclic amines) is 1. The average Bonchev–Trinajstić information content (AvgIpc) is 2.55. The van der Waals surface area contributed by atoms with Crippen LogP contribution in [0.4, 0.5) is 13.2 Å². The van der Waals surface area contributed by atoms with Crippen LogP contribution in [0, 0.1) is 5.92 Å². The molecule has 0 aliphatic carbocycles. The molecule has 0 saturated carbocycles. The Labute approximate surface area is 140 Å². The number of aliphatic hydroxyl groups excluding tert-OH is 1. The quantitative estimate of drug-likeness (QED) is 0.784. The van der Waals surface area contributed by atoms with Gasteiger partial charge in [-0.3, -0.25) is 0 Å². The fourth-order valence-corrected chi connectivity index (χ4v) is 3.04. The Balaban J connectivity index is 1.69. The van der Waals surface area contributed by atoms with Crippen molar-refractivity contribution in [2.45, 2.75) is 31.7 Å². The number of nitrogens with one attached hydrogen (secondary N) is 1. The SMILES string of the molecule is COc1ccc(COC[C@@H](O)C[NH+]2CCC[C@H](C(F)(F)F)C2)cc1. The standard InChI is InChI=1S/C17H24F3NO3/c1-23-16-6-4-13(5-7-16)11-24-12-15(22)10-21-8-2-3-14(9-21)17(18,19)20/h4-7,14-15,22H,2-3,8-12H2,1H3/p+1/t14-,15-/m0/s1. The lowest BCUT2D eigenvalue weighted by Gasteiger charge is -2.32. The van der Waals surface area contributed by atoms with Gasteiger partial charge in [-0.05, 0) is 30.5 Å². The molecule has 3 atom stereocenters. The zero-order valence-corrected chi connectivity index (χ0v) is 13.8. The highest BCUT2D eigenvalue weighted by molar-refractivity contribution is 5.26. The Morgan fingerprint density at radius 2 is 2.00 bits per heavy atom. The summed E-state index contributed by atoms with van der Waals surface area (Å²) in [5.74, 6) is -0.500. The van der Waals surface area contributed by atoms with E-state index < -0.39 is 18.2 Å². The van der Waals surface area contributed by atoms with Gasteiger partial charge in [-0.2, -0.15) is 13.2 Å². The van der Waals surface area contributed by atoms with Crippen molar-refractivity contribution in [1.29, 1.82) is 0 Å². The van der Waals surface area contributed by atoms with Crippen molar-refractivity contribution >= 4 is 0 Å². The van der Waals surface area contributed by atoms with Gasteiger partial charge in [0.25, 0.3) is 0 Å². The third kappa shape index (κ3) is 5.96. The molecule has 2 rings (SSSR count). The Morgan fingerprint density at radius 1 is 1.29 bits per heavy atom. The van der Waals surface area contributed by atoms with Crippen LogP contribution >= 0.6 is 0 Å². The van der Waals surface area contributed by atoms with Crippen molar-refractivity contribution in [3.63, 3.8) is 0 Å². The monoisotopic (exact) mass is 348 g/mol. The molecule has 1 fully saturated rings. The molecule has 1 aromatic carbocycles. The van der Waals surface area contributed by atoms with Crippen molar-refractivity contribution in [2.24, 2.45) is 5.92 Å². The predicted molar refractivity (Wildman–Crippen MR) is 83.0 cm³/mol. The van der Waals surface area contributed by atoms with Crippen LogP contribution in [0.25, 0.3) is 0 Å². The summed E-state index contributed by atoms with van der Waals surface area (Å²) >= 11 is 0. The van der Waals surface area contributed by atoms with E-state index in [0.717, 1.165) is 16.2 Å². The van der Waals surface area contributed by atoms with Crippen LogP contribution in [0.5, 0.6) is 5.75 Å². The van der Waals surface area contributed by atoms with Gasteiger partial charge in [0.05, 0.1) is 33.4 Å². The summed E-state index contributed by atoms with van der Waals surface area (Å²) in [7, 11) is 1.59. The van der Waals surface area contributed by atoms with Gasteiger partial charge in [-0.1, -0.05) is 12.1 Å². The molecule has 1 aliphatic rings. The molecular weight excluding hydrogens is 323 g/mol. The fourth-order valence-electron chi connectivity index (χ4n) is 3.04. The summed E-state index contributed by atoms with van der Waals surface area (Å²) in [5, 5.41) is 10.0. The van der Waals surface area contributed by atoms with E-state index in [1.165, 1.54) is 0 Å². The molecule has 0 bridgehead atoms. The number of hydrogen-bond donors (Lipinski definition) is 2. The maximum Gasteiger partial charge on any atom is 0.397 e. The number of alkyl halides is 3. The topological polar surface area (TPSA) is 43.1 Å². The molecular formula is C17H25F3NO3+. The van der Waals surface area contributed by atoms with Gasteiger partial charge in [-0.15, -0.1) is 0 Å². The molecule has 1 unspecified atom stereocenters. The van der Waals surface area contributed by atoms with E-state index in [1.807, 2.05) is 24.3 Å². The molecule has 1 aromatic rings. The third-order valence-electron chi connectivity index (χ3n) is 4.34. The average molecular weight is 348 g/mol. The summed E-state index contributed by atoms with van der Waals surface area (Å²) in [5.41, 5.74) is 0.949. The molecule has 0 amide bonds. The van der Waals surface area contributed by atoms with Crippen LogP contribution in [0.1, 0.15) is 18.4 Å². The molecule has 136 valence electrons. The number of benzene rings is 1. The molecule has 0 radical (unpaired) electrons. The lowest BCUT2D eigenvalue weighted by Crippen LogP contribution is -3.15. The molecule has 0 spiro atoms. The maximum atomic E-state index is 12.8. The van der Waals surface area contributed by atoms with E-state index in [9.17, 15) is 18.3 Å². The summed E-state index contributed by atoms with van der Waals surface area (Å²) < 4.78 is 48.9. The van der Waals surface area contributed by atoms with Gasteiger partial charge < -0.3 is 19.5 Å². The van der Waals surface area contributed by atoms with Gasteiger partial charge in [0.1, 0.15) is 24.3 Å². The molecule has 0 aromatic heterocycles. The van der Waals surface area contributed by atoms with Gasteiger partial charge in [0.2, 0.25) is 0 Å². The van der Waals surface area contributed by atoms with Crippen molar-refractivity contribution in [3.05, 3.63) is 29.8 Å². The second-order valence-corrected chi connectivity index (χ2v) is 6.31. The highest BCUT2D eigenvalue weighted by Crippen LogP contribution is 2.29. The number of rotatable bonds is 7. The summed E-state index contributed by atoms with van der Waals surface area (Å²) in [4.78, 5) is 0.795. The Hall–Kier alpha value is -1.31. The molecule has 7 heteroatoms. The molecule has 4 nitrogen and oxygen atoms in total. The normalized spacial score (nSPS) is 23.0. The summed E-state index contributed by atoms with van der Waals surface area (Å²) in [6.07, 6.45) is -4.16. The smallest absolute Gasteiger partial charge is 0.397 e. The third-order valence-corrected chi connectivity index (χ3v) is 4.34. The number of methoxy groups -OCH3 is 1. The minimum absolute atomic E-state index is 0.0407. The highest BCUT2D eigenvalue weighted by atomic mass is 19.4. The van der Waals surface area contributed by atoms with E-state index in [2.05, 4.69) is 0 Å². The largest absolute Gasteiger partial charge is 0.497 e. The zero-order valence-electron chi connectivity index (χ0n) is 13.8. The highest BCUT2D eigenvalue weighted by Gasteiger charge is 2.43. The van der Waals surface area contributed by atoms with Gasteiger partial charge in [0.15, 0.2) is 0 Å². The van der Waals surface area contributed by atoms with Crippen molar-refractivity contribution in [3.8, 4) is 5.75 Å². The van der Waals surface area contributed by atoms with Crippen LogP contribution in [-0.2, 0) is 11.3 Å². The number of halogens is 3. The van der Waals surface area contributed by atoms with E-state index in [4.69, 9.17) is 9.47 Å². The maximum absolute atomic E-state index is 12.8. The number of ether oxygens (including phenoxy) is 2. The van der Waals surface area contributed by atoms with Gasteiger partial charge in [0, 0.05) is 0 Å². The van der Waals surface area contributed by atoms with E-state index in [1.54, 1.807) is 7.11 Å². The summed E-state index contributed by atoms with van der Waals surface area (Å²) in [6, 6.07) is 7.39. The molecule has 1 aliphatic heterocycles. The van der Waals surface area contributed by atoms with Crippen molar-refractivity contribution < 1.29 is 32.7 Å². The van der Waals surface area contributed by atoms with Crippen LogP contribution in [0.15, 0.2) is 24.3 Å². The van der Waals surface area contributed by atoms with Crippen LogP contribution < -0.4 is 9.64 Å². The van der Waals surface area contributed by atoms with Crippen LogP contribution in [-0.4, -0.2) is 50.7 Å². The first-order valence-electron chi connectivity index (χ1n) is 8.17. The van der Waals surface area contributed by atoms with Crippen LogP contribution in [0.3, 0.4) is 0 Å². The van der Waals surface area contributed by atoms with Gasteiger partial charge >= 0.3 is 6.18 Å². The first-order chi connectivity index (χ1) is 11.4. The number of piperidine rings is 1. The minimum Gasteiger partial charge on any atom is -0.497 e. The Kier molecular flexibility index (Phi) is 6.89. The second kappa shape index (κ2) is 8.69. The Morgan fingerprint density at radius 3 is 2.62 bits per heavy atom. The second-order valence-electron chi connectivity index (χ2n) is 6.31. The first kappa shape index (κ1) is 19.0. The fraction of sp³-hybridized carbons (Fsp3) is 0.647. The lowest BCUT2D eigenvalue weighted by atomic mass is 9.97. The Bertz CT molecular complexity index is 493. The van der Waals surface area contributed by atoms with Crippen LogP contribution in [0.2, 0.25) is 0 Å². The molecule has 1 saturated heterocycles. The predicted octanol–water partition coefficient (Wildman–Crippen LogP) is 1.43. The lowest BCUT2D eigenvalue weighted by molar-refractivity contribution is -0.913. The van der Waals surface area contributed by atoms with E-state index >= 15 is 0 Å². The zero-order chi connectivity index (χ0) is 17.6. The number of quaternary nitrogens is 1. The number of hydrogen-bond acceptors (Lipinski definition) is 3. The van der Waals surface area contributed by atoms with E-state index in [0.29, 0.717) is 19.6 Å². The molecule has 1 heterocycles. The molecule has 2 N–H and O–H groups in total. The number of aliphatic hydroxyl groups is 1. The molecule has 24 heavy (non-hydrogen) atoms. The van der Waals surface area contributed by atoms with Crippen molar-refractivity contribution in [1.82, 2.24) is 0 Å². The van der Waals surface area contributed by atoms with Gasteiger partial charge in [-0.25, -0.2) is 0 Å². The summed E-state index contributed by atoms with van der Waals surface area (Å²) in [6.45, 7) is 1.46.